The fourth-order valence-corrected chi connectivity index (χ4v) is 4.18. The molecular weight excluding hydrogens is 372 g/mol. The minimum Gasteiger partial charge on any atom is -0.369 e. The predicted octanol–water partition coefficient (Wildman–Crippen LogP) is 4.12. The van der Waals surface area contributed by atoms with Crippen molar-refractivity contribution >= 4 is 22.5 Å². The van der Waals surface area contributed by atoms with Gasteiger partial charge in [-0.2, -0.15) is 0 Å². The molecule has 0 radical (unpaired) electrons. The van der Waals surface area contributed by atoms with E-state index in [1.54, 1.807) is 0 Å². The number of aromatic nitrogens is 1. The molecule has 3 aromatic rings. The number of unbranched alkanes of at least 4 members (excludes halogenated alkanes) is 1. The summed E-state index contributed by atoms with van der Waals surface area (Å²) in [6, 6.07) is 16.9. The Hall–Kier alpha value is -2.79. The summed E-state index contributed by atoms with van der Waals surface area (Å²) in [5, 5.41) is 4.13. The molecule has 2 heterocycles. The number of piperazine rings is 1. The van der Waals surface area contributed by atoms with Gasteiger partial charge in [-0.25, -0.2) is 0 Å². The van der Waals surface area contributed by atoms with Gasteiger partial charge in [0.15, 0.2) is 0 Å². The molecular formula is C25H32N4O. The summed E-state index contributed by atoms with van der Waals surface area (Å²) in [6.07, 6.45) is 2.11. The number of H-pyrrole nitrogens is 1. The second-order valence-electron chi connectivity index (χ2n) is 8.40. The van der Waals surface area contributed by atoms with Crippen LogP contribution in [0.3, 0.4) is 0 Å². The zero-order chi connectivity index (χ0) is 20.9. The van der Waals surface area contributed by atoms with E-state index in [0.717, 1.165) is 63.0 Å². The highest BCUT2D eigenvalue weighted by Gasteiger charge is 2.17. The second-order valence-corrected chi connectivity index (χ2v) is 8.40. The number of aromatic amines is 1. The van der Waals surface area contributed by atoms with Crippen LogP contribution in [0.2, 0.25) is 0 Å². The van der Waals surface area contributed by atoms with Gasteiger partial charge in [-0.1, -0.05) is 24.3 Å². The number of hydrogen-bond donors (Lipinski definition) is 2. The first kappa shape index (κ1) is 20.5. The largest absolute Gasteiger partial charge is 0.369 e. The van der Waals surface area contributed by atoms with E-state index in [2.05, 4.69) is 76.4 Å². The predicted molar refractivity (Wildman–Crippen MR) is 124 cm³/mol. The number of rotatable bonds is 7. The Kier molecular flexibility index (Phi) is 6.38. The van der Waals surface area contributed by atoms with Crippen molar-refractivity contribution in [3.63, 3.8) is 0 Å². The first-order valence-corrected chi connectivity index (χ1v) is 11.0. The van der Waals surface area contributed by atoms with Crippen LogP contribution in [0.5, 0.6) is 0 Å². The third kappa shape index (κ3) is 5.03. The van der Waals surface area contributed by atoms with Crippen LogP contribution in [0.4, 0.5) is 5.69 Å². The lowest BCUT2D eigenvalue weighted by molar-refractivity contribution is 0.0948. The van der Waals surface area contributed by atoms with Crippen LogP contribution in [0, 0.1) is 13.8 Å². The maximum Gasteiger partial charge on any atom is 0.267 e. The number of benzene rings is 2. The summed E-state index contributed by atoms with van der Waals surface area (Å²) in [6.45, 7) is 10.4. The van der Waals surface area contributed by atoms with Gasteiger partial charge in [0.25, 0.3) is 5.91 Å². The van der Waals surface area contributed by atoms with Gasteiger partial charge in [0.2, 0.25) is 0 Å². The SMILES string of the molecule is Cc1cccc(N2CCN(CCCCNC(=O)c3cc4ccc(C)cc4[nH]3)CC2)c1. The molecule has 2 aromatic carbocycles. The summed E-state index contributed by atoms with van der Waals surface area (Å²) in [4.78, 5) is 20.6. The van der Waals surface area contributed by atoms with Gasteiger partial charge in [0.1, 0.15) is 5.69 Å². The van der Waals surface area contributed by atoms with E-state index in [0.29, 0.717) is 5.69 Å². The fraction of sp³-hybridized carbons (Fsp3) is 0.400. The molecule has 158 valence electrons. The Balaban J connectivity index is 1.15. The molecule has 0 spiro atoms. The lowest BCUT2D eigenvalue weighted by Crippen LogP contribution is -2.46. The molecule has 1 aliphatic rings. The van der Waals surface area contributed by atoms with Crippen molar-refractivity contribution in [1.82, 2.24) is 15.2 Å². The first-order chi connectivity index (χ1) is 14.6. The molecule has 5 heteroatoms. The smallest absolute Gasteiger partial charge is 0.267 e. The lowest BCUT2D eigenvalue weighted by atomic mass is 10.2. The number of aryl methyl sites for hydroxylation is 2. The number of fused-ring (bicyclic) bond motifs is 1. The Labute approximate surface area is 179 Å². The first-order valence-electron chi connectivity index (χ1n) is 11.0. The minimum atomic E-state index is -0.0179. The van der Waals surface area contributed by atoms with E-state index < -0.39 is 0 Å². The Morgan fingerprint density at radius 3 is 2.57 bits per heavy atom. The maximum atomic E-state index is 12.4. The van der Waals surface area contributed by atoms with E-state index in [9.17, 15) is 4.79 Å². The standard InChI is InChI=1S/C25H32N4O/c1-19-6-5-7-22(16-19)29-14-12-28(13-15-29)11-4-3-10-26-25(30)24-18-21-9-8-20(2)17-23(21)27-24/h5-9,16-18,27H,3-4,10-15H2,1-2H3,(H,26,30). The van der Waals surface area contributed by atoms with Gasteiger partial charge in [-0.05, 0) is 68.6 Å². The molecule has 1 saturated heterocycles. The molecule has 0 aliphatic carbocycles. The highest BCUT2D eigenvalue weighted by Crippen LogP contribution is 2.18. The monoisotopic (exact) mass is 404 g/mol. The molecule has 0 saturated carbocycles. The number of carbonyl (C=O) groups excluding carboxylic acids is 1. The number of anilines is 1. The van der Waals surface area contributed by atoms with Crippen LogP contribution < -0.4 is 10.2 Å². The van der Waals surface area contributed by atoms with Crippen LogP contribution >= 0.6 is 0 Å². The zero-order valence-electron chi connectivity index (χ0n) is 18.1. The fourth-order valence-electron chi connectivity index (χ4n) is 4.18. The van der Waals surface area contributed by atoms with Crippen molar-refractivity contribution in [2.45, 2.75) is 26.7 Å². The van der Waals surface area contributed by atoms with E-state index in [4.69, 9.17) is 0 Å². The summed E-state index contributed by atoms with van der Waals surface area (Å²) < 4.78 is 0. The molecule has 4 rings (SSSR count). The van der Waals surface area contributed by atoms with Crippen molar-refractivity contribution < 1.29 is 4.79 Å². The highest BCUT2D eigenvalue weighted by molar-refractivity contribution is 5.98. The highest BCUT2D eigenvalue weighted by atomic mass is 16.1. The van der Waals surface area contributed by atoms with Crippen molar-refractivity contribution in [3.05, 3.63) is 65.4 Å². The van der Waals surface area contributed by atoms with Crippen LogP contribution in [0.25, 0.3) is 10.9 Å². The zero-order valence-corrected chi connectivity index (χ0v) is 18.1. The van der Waals surface area contributed by atoms with Gasteiger partial charge in [-0.15, -0.1) is 0 Å². The number of nitrogens with one attached hydrogen (secondary N) is 2. The van der Waals surface area contributed by atoms with E-state index >= 15 is 0 Å². The summed E-state index contributed by atoms with van der Waals surface area (Å²) in [7, 11) is 0. The summed E-state index contributed by atoms with van der Waals surface area (Å²) in [5.41, 5.74) is 5.51. The molecule has 2 N–H and O–H groups in total. The van der Waals surface area contributed by atoms with Crippen molar-refractivity contribution in [2.75, 3.05) is 44.2 Å². The molecule has 0 atom stereocenters. The van der Waals surface area contributed by atoms with Crippen molar-refractivity contribution in [3.8, 4) is 0 Å². The number of nitrogens with zero attached hydrogens (tertiary/aromatic N) is 2. The average molecular weight is 405 g/mol. The lowest BCUT2D eigenvalue weighted by Gasteiger charge is -2.36. The van der Waals surface area contributed by atoms with Crippen molar-refractivity contribution in [1.29, 1.82) is 0 Å². The van der Waals surface area contributed by atoms with Gasteiger partial charge in [0.05, 0.1) is 0 Å². The quantitative estimate of drug-likeness (QED) is 0.583. The number of amides is 1. The Bertz CT molecular complexity index is 1000. The maximum absolute atomic E-state index is 12.4. The molecule has 1 aliphatic heterocycles. The number of hydrogen-bond acceptors (Lipinski definition) is 3. The van der Waals surface area contributed by atoms with Crippen molar-refractivity contribution in [2.24, 2.45) is 0 Å². The second kappa shape index (κ2) is 9.35. The van der Waals surface area contributed by atoms with Gasteiger partial charge in [-0.3, -0.25) is 9.69 Å². The molecule has 5 nitrogen and oxygen atoms in total. The summed E-state index contributed by atoms with van der Waals surface area (Å²) in [5.74, 6) is -0.0179. The number of carbonyl (C=O) groups is 1. The minimum absolute atomic E-state index is 0.0179. The summed E-state index contributed by atoms with van der Waals surface area (Å²) >= 11 is 0. The van der Waals surface area contributed by atoms with Crippen LogP contribution in [-0.2, 0) is 0 Å². The Morgan fingerprint density at radius 2 is 1.77 bits per heavy atom. The van der Waals surface area contributed by atoms with E-state index in [1.807, 2.05) is 6.07 Å². The van der Waals surface area contributed by atoms with E-state index in [-0.39, 0.29) is 5.91 Å². The molecule has 1 fully saturated rings. The molecule has 1 amide bonds. The third-order valence-corrected chi connectivity index (χ3v) is 5.95. The topological polar surface area (TPSA) is 51.4 Å². The molecule has 30 heavy (non-hydrogen) atoms. The van der Waals surface area contributed by atoms with E-state index in [1.165, 1.54) is 16.8 Å². The van der Waals surface area contributed by atoms with Gasteiger partial charge < -0.3 is 15.2 Å². The normalized spacial score (nSPS) is 14.9. The Morgan fingerprint density at radius 1 is 0.967 bits per heavy atom. The van der Waals surface area contributed by atoms with Gasteiger partial charge in [0, 0.05) is 49.3 Å². The molecule has 0 unspecified atom stereocenters. The molecule has 0 bridgehead atoms. The van der Waals surface area contributed by atoms with Gasteiger partial charge >= 0.3 is 0 Å². The average Bonchev–Trinajstić information content (AvgIpc) is 3.17. The van der Waals surface area contributed by atoms with Crippen LogP contribution in [0.1, 0.15) is 34.5 Å². The van der Waals surface area contributed by atoms with Crippen LogP contribution in [0.15, 0.2) is 48.5 Å². The molecule has 1 aromatic heterocycles. The van der Waals surface area contributed by atoms with Crippen LogP contribution in [-0.4, -0.2) is 55.1 Å². The third-order valence-electron chi connectivity index (χ3n) is 5.95.